The normalized spacial score (nSPS) is 14.5. The molecule has 3 aromatic rings. The summed E-state index contributed by atoms with van der Waals surface area (Å²) in [7, 11) is 0. The third kappa shape index (κ3) is 5.41. The van der Waals surface area contributed by atoms with Crippen LogP contribution in [0.15, 0.2) is 65.3 Å². The van der Waals surface area contributed by atoms with Gasteiger partial charge in [-0.1, -0.05) is 53.0 Å². The molecule has 1 heterocycles. The number of aliphatic imine (C=N–C) groups is 1. The average Bonchev–Trinajstić information content (AvgIpc) is 3.08. The minimum atomic E-state index is -0.546. The van der Waals surface area contributed by atoms with Gasteiger partial charge in [0.2, 0.25) is 5.90 Å². The monoisotopic (exact) mass is 709 g/mol. The highest BCUT2D eigenvalue weighted by Crippen LogP contribution is 2.32. The maximum atomic E-state index is 12.4. The average molecular weight is 711 g/mol. The summed E-state index contributed by atoms with van der Waals surface area (Å²) in [6.45, 7) is 0.355. The number of hydrogen-bond donors (Lipinski definition) is 0. The summed E-state index contributed by atoms with van der Waals surface area (Å²) in [6, 6.07) is 16.3. The lowest BCUT2D eigenvalue weighted by atomic mass is 10.2. The van der Waals surface area contributed by atoms with Crippen LogP contribution in [0.5, 0.6) is 5.75 Å². The lowest BCUT2D eigenvalue weighted by Crippen LogP contribution is -2.06. The summed E-state index contributed by atoms with van der Waals surface area (Å²) in [4.78, 5) is 16.7. The van der Waals surface area contributed by atoms with E-state index in [0.29, 0.717) is 27.2 Å². The lowest BCUT2D eigenvalue weighted by molar-refractivity contribution is -0.129. The molecule has 9 heteroatoms. The number of nitrogens with zero attached hydrogens (tertiary/aromatic N) is 1. The number of esters is 1. The van der Waals surface area contributed by atoms with Gasteiger partial charge in [0.1, 0.15) is 12.4 Å². The van der Waals surface area contributed by atoms with Crippen molar-refractivity contribution in [3.8, 4) is 5.75 Å². The van der Waals surface area contributed by atoms with Crippen LogP contribution in [-0.4, -0.2) is 11.9 Å². The highest BCUT2D eigenvalue weighted by molar-refractivity contribution is 14.1. The van der Waals surface area contributed by atoms with Crippen LogP contribution in [0, 0.1) is 7.14 Å². The number of rotatable bonds is 5. The molecule has 0 saturated carbocycles. The van der Waals surface area contributed by atoms with Crippen molar-refractivity contribution in [3.05, 3.63) is 99.2 Å². The van der Waals surface area contributed by atoms with Crippen LogP contribution in [-0.2, 0) is 16.1 Å². The van der Waals surface area contributed by atoms with Crippen LogP contribution in [0.25, 0.3) is 6.08 Å². The van der Waals surface area contributed by atoms with Crippen LogP contribution in [0.2, 0.25) is 15.1 Å². The zero-order chi connectivity index (χ0) is 22.8. The van der Waals surface area contributed by atoms with Crippen molar-refractivity contribution < 1.29 is 14.3 Å². The molecular weight excluding hydrogens is 698 g/mol. The fourth-order valence-corrected chi connectivity index (χ4v) is 5.72. The molecule has 1 aliphatic rings. The number of ether oxygens (including phenoxy) is 2. The molecule has 0 saturated heterocycles. The first-order chi connectivity index (χ1) is 15.3. The van der Waals surface area contributed by atoms with E-state index in [2.05, 4.69) is 50.2 Å². The summed E-state index contributed by atoms with van der Waals surface area (Å²) in [5.41, 5.74) is 2.38. The van der Waals surface area contributed by atoms with Crippen molar-refractivity contribution in [1.29, 1.82) is 0 Å². The minimum Gasteiger partial charge on any atom is -0.487 e. The molecule has 0 aromatic heterocycles. The Morgan fingerprint density at radius 1 is 0.969 bits per heavy atom. The molecule has 32 heavy (non-hydrogen) atoms. The van der Waals surface area contributed by atoms with Crippen molar-refractivity contribution in [2.24, 2.45) is 4.99 Å². The highest BCUT2D eigenvalue weighted by atomic mass is 127. The molecule has 0 radical (unpaired) electrons. The zero-order valence-electron chi connectivity index (χ0n) is 16.0. The van der Waals surface area contributed by atoms with E-state index in [9.17, 15) is 4.79 Å². The number of cyclic esters (lactones) is 1. The molecular formula is C23H12Cl3I2NO3. The number of carbonyl (C=O) groups excluding carboxylic acids is 1. The van der Waals surface area contributed by atoms with E-state index in [1.807, 2.05) is 36.4 Å². The molecule has 0 N–H and O–H groups in total. The van der Waals surface area contributed by atoms with Gasteiger partial charge in [0.25, 0.3) is 0 Å². The third-order valence-electron chi connectivity index (χ3n) is 4.44. The Morgan fingerprint density at radius 3 is 2.38 bits per heavy atom. The van der Waals surface area contributed by atoms with Crippen LogP contribution in [0.3, 0.4) is 0 Å². The largest absolute Gasteiger partial charge is 0.487 e. The van der Waals surface area contributed by atoms with E-state index in [1.54, 1.807) is 24.3 Å². The second kappa shape index (κ2) is 10.3. The van der Waals surface area contributed by atoms with Crippen LogP contribution >= 0.6 is 80.0 Å². The summed E-state index contributed by atoms with van der Waals surface area (Å²) < 4.78 is 13.1. The van der Waals surface area contributed by atoms with Gasteiger partial charge in [0.05, 0.1) is 17.7 Å². The van der Waals surface area contributed by atoms with Gasteiger partial charge in [-0.15, -0.1) is 0 Å². The van der Waals surface area contributed by atoms with Crippen molar-refractivity contribution >= 4 is 97.9 Å². The van der Waals surface area contributed by atoms with Gasteiger partial charge in [-0.3, -0.25) is 0 Å². The van der Waals surface area contributed by atoms with Crippen LogP contribution in [0.4, 0.5) is 0 Å². The Balaban J connectivity index is 1.58. The number of halogens is 5. The summed E-state index contributed by atoms with van der Waals surface area (Å²) in [5, 5.41) is 1.50. The number of carbonyl (C=O) groups is 1. The number of benzene rings is 3. The van der Waals surface area contributed by atoms with E-state index in [0.717, 1.165) is 24.0 Å². The predicted molar refractivity (Wildman–Crippen MR) is 145 cm³/mol. The molecule has 0 atom stereocenters. The molecule has 0 fully saturated rings. The first-order valence-electron chi connectivity index (χ1n) is 9.15. The number of hydrogen-bond acceptors (Lipinski definition) is 4. The maximum Gasteiger partial charge on any atom is 0.363 e. The van der Waals surface area contributed by atoms with Crippen LogP contribution in [0.1, 0.15) is 16.7 Å². The predicted octanol–water partition coefficient (Wildman–Crippen LogP) is 7.78. The standard InChI is InChI=1S/C23H12Cl3I2NO3/c24-14-5-6-15(17(26)10-14)22-29-20(23(30)32-22)9-12-7-18(27)21(19(28)8-12)31-11-13-3-1-2-4-16(13)25/h1-10H,11H2/b20-9-. The van der Waals surface area contributed by atoms with Crippen molar-refractivity contribution in [2.45, 2.75) is 6.61 Å². The van der Waals surface area contributed by atoms with Gasteiger partial charge in [0, 0.05) is 15.6 Å². The molecule has 4 rings (SSSR count). The van der Waals surface area contributed by atoms with Gasteiger partial charge in [0.15, 0.2) is 5.70 Å². The fraction of sp³-hybridized carbons (Fsp3) is 0.0435. The first-order valence-corrected chi connectivity index (χ1v) is 12.4. The summed E-state index contributed by atoms with van der Waals surface area (Å²) in [5.74, 6) is 0.349. The van der Waals surface area contributed by atoms with E-state index in [4.69, 9.17) is 44.3 Å². The Kier molecular flexibility index (Phi) is 7.66. The first kappa shape index (κ1) is 23.8. The second-order valence-electron chi connectivity index (χ2n) is 6.65. The van der Waals surface area contributed by atoms with Crippen molar-refractivity contribution in [1.82, 2.24) is 0 Å². The molecule has 162 valence electrons. The van der Waals surface area contributed by atoms with Gasteiger partial charge in [-0.05, 0) is 93.2 Å². The molecule has 0 aliphatic carbocycles. The molecule has 4 nitrogen and oxygen atoms in total. The van der Waals surface area contributed by atoms with E-state index >= 15 is 0 Å². The van der Waals surface area contributed by atoms with E-state index in [1.165, 1.54) is 0 Å². The van der Waals surface area contributed by atoms with E-state index in [-0.39, 0.29) is 11.6 Å². The molecule has 0 amide bonds. The topological polar surface area (TPSA) is 47.9 Å². The fourth-order valence-electron chi connectivity index (χ4n) is 2.91. The molecule has 0 spiro atoms. The van der Waals surface area contributed by atoms with Gasteiger partial charge >= 0.3 is 5.97 Å². The summed E-state index contributed by atoms with van der Waals surface area (Å²) >= 11 is 22.8. The quantitative estimate of drug-likeness (QED) is 0.155. The SMILES string of the molecule is O=C1OC(c2ccc(Cl)cc2Cl)=N/C1=C\c1cc(I)c(OCc2ccccc2Cl)c(I)c1. The van der Waals surface area contributed by atoms with Crippen molar-refractivity contribution in [3.63, 3.8) is 0 Å². The minimum absolute atomic E-state index is 0.145. The molecule has 0 bridgehead atoms. The van der Waals surface area contributed by atoms with Gasteiger partial charge < -0.3 is 9.47 Å². The second-order valence-corrected chi connectivity index (χ2v) is 10.2. The zero-order valence-corrected chi connectivity index (χ0v) is 22.6. The molecule has 3 aromatic carbocycles. The highest BCUT2D eigenvalue weighted by Gasteiger charge is 2.26. The maximum absolute atomic E-state index is 12.4. The van der Waals surface area contributed by atoms with Crippen LogP contribution < -0.4 is 4.74 Å². The van der Waals surface area contributed by atoms with Crippen molar-refractivity contribution in [2.75, 3.05) is 0 Å². The third-order valence-corrected chi connectivity index (χ3v) is 6.96. The summed E-state index contributed by atoms with van der Waals surface area (Å²) in [6.07, 6.45) is 1.67. The smallest absolute Gasteiger partial charge is 0.363 e. The Morgan fingerprint density at radius 2 is 1.69 bits per heavy atom. The van der Waals surface area contributed by atoms with E-state index < -0.39 is 5.97 Å². The van der Waals surface area contributed by atoms with Gasteiger partial charge in [-0.2, -0.15) is 0 Å². The Hall–Kier alpha value is -1.33. The Bertz CT molecular complexity index is 1270. The molecule has 0 unspecified atom stereocenters. The lowest BCUT2D eigenvalue weighted by Gasteiger charge is -2.12. The molecule has 1 aliphatic heterocycles. The Labute approximate surface area is 226 Å². The van der Waals surface area contributed by atoms with Gasteiger partial charge in [-0.25, -0.2) is 9.79 Å².